The number of hydrogen-bond donors (Lipinski definition) is 0. The lowest BCUT2D eigenvalue weighted by Crippen LogP contribution is -2.37. The third-order valence-electron chi connectivity index (χ3n) is 6.81. The third kappa shape index (κ3) is 3.68. The predicted molar refractivity (Wildman–Crippen MR) is 132 cm³/mol. The fraction of sp³-hybridized carbons (Fsp3) is 0.423. The zero-order valence-corrected chi connectivity index (χ0v) is 21.2. The minimum atomic E-state index is -0.552. The molecule has 3 heterocycles. The molecule has 2 atom stereocenters. The molecule has 0 amide bonds. The van der Waals surface area contributed by atoms with Gasteiger partial charge in [0.05, 0.1) is 27.4 Å². The number of cyclic esters (lactones) is 1. The molecule has 9 heteroatoms. The Labute approximate surface area is 209 Å². The van der Waals surface area contributed by atoms with E-state index in [1.165, 1.54) is 7.11 Å². The zero-order valence-electron chi connectivity index (χ0n) is 20.3. The number of methoxy groups -OCH3 is 3. The number of esters is 1. The number of likely N-dealkylation sites (N-methyl/N-ethyl adjacent to an activating group) is 1. The largest absolute Gasteiger partial charge is 0.493 e. The molecule has 0 aliphatic carbocycles. The molecular weight excluding hydrogens is 470 g/mol. The summed E-state index contributed by atoms with van der Waals surface area (Å²) < 4.78 is 34.7. The number of carbonyl (C=O) groups is 1. The number of thioether (sulfide) groups is 1. The molecule has 3 aliphatic heterocycles. The van der Waals surface area contributed by atoms with E-state index in [1.54, 1.807) is 26.0 Å². The molecule has 0 N–H and O–H groups in total. The fourth-order valence-corrected chi connectivity index (χ4v) is 6.11. The van der Waals surface area contributed by atoms with Gasteiger partial charge in [-0.05, 0) is 25.1 Å². The summed E-state index contributed by atoms with van der Waals surface area (Å²) in [5.74, 6) is 4.02. The quantitative estimate of drug-likeness (QED) is 0.300. The van der Waals surface area contributed by atoms with Crippen LogP contribution in [0.4, 0.5) is 0 Å². The molecule has 186 valence electrons. The number of rotatable bonds is 8. The van der Waals surface area contributed by atoms with Crippen molar-refractivity contribution < 1.29 is 33.2 Å². The van der Waals surface area contributed by atoms with E-state index in [9.17, 15) is 4.79 Å². The average molecular weight is 500 g/mol. The number of ether oxygens (including phenoxy) is 6. The van der Waals surface area contributed by atoms with E-state index < -0.39 is 12.1 Å². The van der Waals surface area contributed by atoms with E-state index >= 15 is 0 Å². The Morgan fingerprint density at radius 1 is 1.14 bits per heavy atom. The minimum Gasteiger partial charge on any atom is -0.493 e. The Bertz CT molecular complexity index is 1180. The van der Waals surface area contributed by atoms with Gasteiger partial charge in [-0.2, -0.15) is 11.8 Å². The van der Waals surface area contributed by atoms with Crippen molar-refractivity contribution in [2.75, 3.05) is 47.5 Å². The summed E-state index contributed by atoms with van der Waals surface area (Å²) in [5.41, 5.74) is 4.41. The number of nitrogens with zero attached hydrogens (tertiary/aromatic N) is 1. The highest BCUT2D eigenvalue weighted by Gasteiger charge is 2.47. The molecule has 0 radical (unpaired) electrons. The maximum Gasteiger partial charge on any atom is 0.343 e. The second-order valence-electron chi connectivity index (χ2n) is 8.54. The number of carbonyl (C=O) groups excluding carboxylic acids is 1. The molecule has 3 aliphatic rings. The van der Waals surface area contributed by atoms with Gasteiger partial charge in [0.2, 0.25) is 12.5 Å². The molecule has 0 bridgehead atoms. The molecule has 2 aromatic carbocycles. The van der Waals surface area contributed by atoms with Gasteiger partial charge in [0.1, 0.15) is 11.7 Å². The molecule has 8 nitrogen and oxygen atoms in total. The Morgan fingerprint density at radius 2 is 1.91 bits per heavy atom. The lowest BCUT2D eigenvalue weighted by molar-refractivity contribution is 0.00870. The first-order valence-electron chi connectivity index (χ1n) is 11.4. The van der Waals surface area contributed by atoms with Crippen molar-refractivity contribution in [3.05, 3.63) is 52.6 Å². The summed E-state index contributed by atoms with van der Waals surface area (Å²) in [6.07, 6.45) is 2.16. The van der Waals surface area contributed by atoms with E-state index in [-0.39, 0.29) is 12.8 Å². The lowest BCUT2D eigenvalue weighted by atomic mass is 9.83. The first-order chi connectivity index (χ1) is 17.0. The van der Waals surface area contributed by atoms with Crippen LogP contribution in [0.15, 0.2) is 24.8 Å². The van der Waals surface area contributed by atoms with Gasteiger partial charge >= 0.3 is 5.97 Å². The highest BCUT2D eigenvalue weighted by Crippen LogP contribution is 2.57. The van der Waals surface area contributed by atoms with Crippen LogP contribution in [-0.4, -0.2) is 58.3 Å². The Kier molecular flexibility index (Phi) is 6.46. The normalized spacial score (nSPS) is 20.2. The maximum atomic E-state index is 13.1. The van der Waals surface area contributed by atoms with Gasteiger partial charge in [0.15, 0.2) is 23.0 Å². The van der Waals surface area contributed by atoms with Crippen LogP contribution in [0.2, 0.25) is 0 Å². The monoisotopic (exact) mass is 499 g/mol. The highest BCUT2D eigenvalue weighted by atomic mass is 32.2. The number of fused-ring (bicyclic) bond motifs is 3. The SMILES string of the molecule is C=CCSCc1c2c(c(OC)c3c1OCO3)[C@H]([C@H]1OC(=O)c3c1ccc(OC)c3OC)N(C)CC2. The van der Waals surface area contributed by atoms with Gasteiger partial charge in [-0.1, -0.05) is 12.1 Å². The molecule has 0 fully saturated rings. The van der Waals surface area contributed by atoms with Crippen molar-refractivity contribution >= 4 is 17.7 Å². The van der Waals surface area contributed by atoms with Gasteiger partial charge in [-0.25, -0.2) is 4.79 Å². The second-order valence-corrected chi connectivity index (χ2v) is 9.57. The van der Waals surface area contributed by atoms with Crippen molar-refractivity contribution in [2.45, 2.75) is 24.3 Å². The number of benzene rings is 2. The summed E-state index contributed by atoms with van der Waals surface area (Å²) in [5, 5.41) is 0. The molecule has 0 unspecified atom stereocenters. The molecule has 0 saturated heterocycles. The van der Waals surface area contributed by atoms with Crippen LogP contribution < -0.4 is 23.7 Å². The van der Waals surface area contributed by atoms with Gasteiger partial charge in [-0.15, -0.1) is 6.58 Å². The van der Waals surface area contributed by atoms with Gasteiger partial charge in [-0.3, -0.25) is 4.90 Å². The standard InChI is InChI=1S/C26H29NO7S/c1-6-11-35-12-16-14-9-10-27(2)20(18(14)24(31-5)25-22(16)32-13-33-25)21-15-7-8-17(29-3)23(30-4)19(15)26(28)34-21/h6-8,20-21H,1,9-13H2,2-5H3/t20-,21+/m1/s1. The smallest absolute Gasteiger partial charge is 0.343 e. The molecule has 0 aromatic heterocycles. The van der Waals surface area contributed by atoms with Gasteiger partial charge in [0, 0.05) is 34.7 Å². The van der Waals surface area contributed by atoms with E-state index in [0.717, 1.165) is 52.5 Å². The highest BCUT2D eigenvalue weighted by molar-refractivity contribution is 7.98. The molecular formula is C26H29NO7S. The first-order valence-corrected chi connectivity index (χ1v) is 12.6. The average Bonchev–Trinajstić information content (AvgIpc) is 3.48. The van der Waals surface area contributed by atoms with Crippen LogP contribution in [0.25, 0.3) is 0 Å². The zero-order chi connectivity index (χ0) is 24.7. The van der Waals surface area contributed by atoms with Crippen LogP contribution >= 0.6 is 11.8 Å². The van der Waals surface area contributed by atoms with Gasteiger partial charge < -0.3 is 28.4 Å². The number of hydrogen-bond acceptors (Lipinski definition) is 9. The fourth-order valence-electron chi connectivity index (χ4n) is 5.32. The predicted octanol–water partition coefficient (Wildman–Crippen LogP) is 4.30. The van der Waals surface area contributed by atoms with Crippen LogP contribution in [0.3, 0.4) is 0 Å². The maximum absolute atomic E-state index is 13.1. The van der Waals surface area contributed by atoms with E-state index in [0.29, 0.717) is 28.6 Å². The molecule has 35 heavy (non-hydrogen) atoms. The van der Waals surface area contributed by atoms with Crippen LogP contribution in [0.1, 0.15) is 44.8 Å². The summed E-state index contributed by atoms with van der Waals surface area (Å²) in [6.45, 7) is 4.77. The van der Waals surface area contributed by atoms with Crippen molar-refractivity contribution in [3.63, 3.8) is 0 Å². The molecule has 0 saturated carbocycles. The van der Waals surface area contributed by atoms with Crippen molar-refractivity contribution in [1.82, 2.24) is 4.90 Å². The molecule has 5 rings (SSSR count). The Morgan fingerprint density at radius 3 is 2.63 bits per heavy atom. The summed E-state index contributed by atoms with van der Waals surface area (Å²) >= 11 is 1.77. The van der Waals surface area contributed by atoms with E-state index in [2.05, 4.69) is 11.5 Å². The van der Waals surface area contributed by atoms with Crippen molar-refractivity contribution in [2.24, 2.45) is 0 Å². The van der Waals surface area contributed by atoms with E-state index in [1.807, 2.05) is 25.3 Å². The summed E-state index contributed by atoms with van der Waals surface area (Å²) in [7, 11) is 6.75. The minimum absolute atomic E-state index is 0.145. The molecule has 0 spiro atoms. The summed E-state index contributed by atoms with van der Waals surface area (Å²) in [4.78, 5) is 15.3. The topological polar surface area (TPSA) is 75.7 Å². The third-order valence-corrected chi connectivity index (χ3v) is 7.77. The van der Waals surface area contributed by atoms with E-state index in [4.69, 9.17) is 28.4 Å². The Hall–Kier alpha value is -3.04. The van der Waals surface area contributed by atoms with Crippen LogP contribution in [0.5, 0.6) is 28.7 Å². The summed E-state index contributed by atoms with van der Waals surface area (Å²) in [6, 6.07) is 3.41. The Balaban J connectivity index is 1.69. The van der Waals surface area contributed by atoms with Crippen LogP contribution in [-0.2, 0) is 16.9 Å². The second kappa shape index (κ2) is 9.54. The molecule has 2 aromatic rings. The van der Waals surface area contributed by atoms with Crippen molar-refractivity contribution in [1.29, 1.82) is 0 Å². The van der Waals surface area contributed by atoms with Crippen molar-refractivity contribution in [3.8, 4) is 28.7 Å². The first kappa shape index (κ1) is 23.7. The van der Waals surface area contributed by atoms with Gasteiger partial charge in [0.25, 0.3) is 0 Å². The lowest BCUT2D eigenvalue weighted by Gasteiger charge is -2.39. The van der Waals surface area contributed by atoms with Crippen LogP contribution in [0, 0.1) is 0 Å².